The molecule has 2 aromatic heterocycles. The van der Waals surface area contributed by atoms with Crippen LogP contribution in [0.4, 0.5) is 0 Å². The van der Waals surface area contributed by atoms with Gasteiger partial charge in [0.15, 0.2) is 0 Å². The minimum Gasteiger partial charge on any atom is -0.310 e. The Labute approximate surface area is 475 Å². The Morgan fingerprint density at radius 1 is 0.338 bits per heavy atom. The van der Waals surface area contributed by atoms with Crippen LogP contribution < -0.4 is 16.4 Å². The average molecular weight is 1040 g/mol. The van der Waals surface area contributed by atoms with Gasteiger partial charge < -0.3 is 9.13 Å². The van der Waals surface area contributed by atoms with Crippen LogP contribution in [-0.2, 0) is 37.9 Å². The van der Waals surface area contributed by atoms with Gasteiger partial charge in [0.2, 0.25) is 0 Å². The first-order valence-electron chi connectivity index (χ1n) is 29.8. The first-order valence-corrected chi connectivity index (χ1v) is 29.8. The van der Waals surface area contributed by atoms with Crippen LogP contribution in [0.25, 0.3) is 88.0 Å². The van der Waals surface area contributed by atoms with Crippen molar-refractivity contribution >= 4 is 77.5 Å². The maximum absolute atomic E-state index is 2.83. The number of aromatic nitrogens is 2. The van der Waals surface area contributed by atoms with E-state index in [1.54, 1.807) is 0 Å². The van der Waals surface area contributed by atoms with E-state index >= 15 is 0 Å². The fraction of sp³-hybridized carbons (Fsp3) is 0.325. The Morgan fingerprint density at radius 2 is 0.825 bits per heavy atom. The number of fused-ring (bicyclic) bond motifs is 15. The van der Waals surface area contributed by atoms with Crippen molar-refractivity contribution in [2.75, 3.05) is 0 Å². The van der Waals surface area contributed by atoms with Crippen LogP contribution in [0.3, 0.4) is 0 Å². The lowest BCUT2D eigenvalue weighted by atomic mass is 9.33. The molecule has 0 N–H and O–H groups in total. The lowest BCUT2D eigenvalue weighted by Gasteiger charge is -2.45. The van der Waals surface area contributed by atoms with Gasteiger partial charge in [0.1, 0.15) is 0 Å². The molecule has 2 nitrogen and oxygen atoms in total. The van der Waals surface area contributed by atoms with Crippen LogP contribution in [0, 0.1) is 0 Å². The molecule has 9 aromatic carbocycles. The van der Waals surface area contributed by atoms with E-state index in [1.165, 1.54) is 160 Å². The van der Waals surface area contributed by atoms with Gasteiger partial charge in [0.25, 0.3) is 6.71 Å². The van der Waals surface area contributed by atoms with Crippen LogP contribution >= 0.6 is 0 Å². The molecule has 4 aliphatic rings. The summed E-state index contributed by atoms with van der Waals surface area (Å²) in [4.78, 5) is 0. The molecule has 11 aromatic rings. The molecule has 0 saturated carbocycles. The van der Waals surface area contributed by atoms with E-state index in [4.69, 9.17) is 0 Å². The van der Waals surface area contributed by atoms with Crippen molar-refractivity contribution in [1.29, 1.82) is 0 Å². The zero-order chi connectivity index (χ0) is 56.2. The molecule has 0 unspecified atom stereocenters. The predicted octanol–water partition coefficient (Wildman–Crippen LogP) is 18.3. The van der Waals surface area contributed by atoms with Crippen LogP contribution in [-0.4, -0.2) is 15.8 Å². The van der Waals surface area contributed by atoms with Gasteiger partial charge in [-0.3, -0.25) is 0 Å². The van der Waals surface area contributed by atoms with Crippen LogP contribution in [0.2, 0.25) is 0 Å². The average Bonchev–Trinajstić information content (AvgIpc) is 3.31. The number of nitrogens with zero attached hydrogens (tertiary/aromatic N) is 2. The highest BCUT2D eigenvalue weighted by molar-refractivity contribution is 7.00. The second-order valence-electron chi connectivity index (χ2n) is 31.0. The third-order valence-corrected chi connectivity index (χ3v) is 19.7. The van der Waals surface area contributed by atoms with Gasteiger partial charge in [0.05, 0.1) is 22.1 Å². The van der Waals surface area contributed by atoms with E-state index in [9.17, 15) is 0 Å². The summed E-state index contributed by atoms with van der Waals surface area (Å²) in [6.45, 7) is 43.2. The molecule has 0 atom stereocenters. The van der Waals surface area contributed by atoms with E-state index < -0.39 is 5.41 Å². The predicted molar refractivity (Wildman–Crippen MR) is 346 cm³/mol. The molecule has 0 bridgehead atoms. The van der Waals surface area contributed by atoms with E-state index in [0.717, 1.165) is 0 Å². The number of hydrogen-bond acceptors (Lipinski definition) is 0. The van der Waals surface area contributed by atoms with Gasteiger partial charge in [-0.2, -0.15) is 0 Å². The summed E-state index contributed by atoms with van der Waals surface area (Å²) in [5.74, 6) is 0. The second-order valence-corrected chi connectivity index (χ2v) is 31.0. The second kappa shape index (κ2) is 15.3. The zero-order valence-electron chi connectivity index (χ0n) is 50.8. The summed E-state index contributed by atoms with van der Waals surface area (Å²) in [6.07, 6.45) is 0. The minimum atomic E-state index is -0.653. The van der Waals surface area contributed by atoms with Crippen molar-refractivity contribution in [2.45, 2.75) is 163 Å². The molecule has 80 heavy (non-hydrogen) atoms. The molecule has 1 aliphatic carbocycles. The molecular formula is C77H77BN2. The molecule has 15 rings (SSSR count). The summed E-state index contributed by atoms with van der Waals surface area (Å²) in [5, 5.41) is 8.03. The standard InChI is InChI=1S/C77H77BN2/c1-71(2,3)43-28-30-48-42(33-43)27-31-58(76(16,17)18)64(48)55-41-60-70-65-69(55)79-63-32-29-44(72(4,5)6)34-51(63)52-36-46(74(10,11)12)39-61(67(52)79)78(65)62-40-47(75(13,14)15)37-54-53-35-45(73(7,8)9)38-59(66(53)80(70)68(54)62)77(60)56-25-21-19-23-49(56)50-24-20-22-26-57(50)77/h19-41H,1-18H3. The fourth-order valence-corrected chi connectivity index (χ4v) is 15.5. The van der Waals surface area contributed by atoms with Crippen molar-refractivity contribution < 1.29 is 0 Å². The molecule has 0 amide bonds. The van der Waals surface area contributed by atoms with E-state index in [1.807, 2.05) is 0 Å². The first-order chi connectivity index (χ1) is 37.5. The Kier molecular flexibility index (Phi) is 9.52. The first kappa shape index (κ1) is 49.9. The van der Waals surface area contributed by atoms with Gasteiger partial charge in [-0.15, -0.1) is 0 Å². The highest BCUT2D eigenvalue weighted by Gasteiger charge is 2.55. The van der Waals surface area contributed by atoms with Gasteiger partial charge in [-0.1, -0.05) is 228 Å². The van der Waals surface area contributed by atoms with Crippen molar-refractivity contribution in [1.82, 2.24) is 9.13 Å². The lowest BCUT2D eigenvalue weighted by Crippen LogP contribution is -2.61. The minimum absolute atomic E-state index is 0.00881. The molecule has 398 valence electrons. The Balaban J connectivity index is 1.28. The molecule has 3 heteroatoms. The van der Waals surface area contributed by atoms with Crippen molar-refractivity contribution in [2.24, 2.45) is 0 Å². The Hall–Kier alpha value is -7.10. The van der Waals surface area contributed by atoms with Crippen LogP contribution in [0.5, 0.6) is 0 Å². The maximum Gasteiger partial charge on any atom is 0.252 e. The van der Waals surface area contributed by atoms with Gasteiger partial charge in [0, 0.05) is 43.8 Å². The number of benzene rings is 9. The van der Waals surface area contributed by atoms with Crippen molar-refractivity contribution in [3.05, 3.63) is 195 Å². The van der Waals surface area contributed by atoms with Gasteiger partial charge >= 0.3 is 0 Å². The highest BCUT2D eigenvalue weighted by atomic mass is 15.1. The number of rotatable bonds is 1. The summed E-state index contributed by atoms with van der Waals surface area (Å²) < 4.78 is 5.63. The van der Waals surface area contributed by atoms with E-state index in [-0.39, 0.29) is 39.2 Å². The smallest absolute Gasteiger partial charge is 0.252 e. The molecule has 3 aliphatic heterocycles. The summed E-state index contributed by atoms with van der Waals surface area (Å²) in [7, 11) is 0. The third-order valence-electron chi connectivity index (χ3n) is 19.7. The highest BCUT2D eigenvalue weighted by Crippen LogP contribution is 2.63. The summed E-state index contributed by atoms with van der Waals surface area (Å²) in [5.41, 5.74) is 30.2. The molecule has 0 radical (unpaired) electrons. The van der Waals surface area contributed by atoms with Crippen molar-refractivity contribution in [3.8, 4) is 33.6 Å². The van der Waals surface area contributed by atoms with Crippen LogP contribution in [0.15, 0.2) is 140 Å². The Bertz CT molecular complexity index is 4590. The van der Waals surface area contributed by atoms with Crippen molar-refractivity contribution in [3.63, 3.8) is 0 Å². The molecule has 0 fully saturated rings. The summed E-state index contributed by atoms with van der Waals surface area (Å²) in [6, 6.07) is 57.4. The number of hydrogen-bond donors (Lipinski definition) is 0. The van der Waals surface area contributed by atoms with Crippen LogP contribution in [0.1, 0.15) is 180 Å². The van der Waals surface area contributed by atoms with Gasteiger partial charge in [-0.05, 0) is 168 Å². The summed E-state index contributed by atoms with van der Waals surface area (Å²) >= 11 is 0. The third kappa shape index (κ3) is 6.33. The SMILES string of the molecule is CC(C)(C)c1ccc2c(-c3cc4c5c6c3-n3c7ccc(C(C)(C)C)cc7c7cc(C(C)(C)C)cc(c73)B6c3cc(C(C)(C)C)cc6c7cc(C(C)(C)C)cc(c7n-5c36)C43c4ccccc4-c4ccccc43)c(C(C)(C)C)ccc2c1. The maximum atomic E-state index is 2.83. The van der Waals surface area contributed by atoms with E-state index in [0.29, 0.717) is 0 Å². The molecular weight excluding hydrogens is 964 g/mol. The normalized spacial score (nSPS) is 15.2. The van der Waals surface area contributed by atoms with Gasteiger partial charge in [-0.25, -0.2) is 0 Å². The quantitative estimate of drug-likeness (QED) is 0.145. The molecule has 0 saturated heterocycles. The van der Waals surface area contributed by atoms with E-state index in [2.05, 4.69) is 273 Å². The molecule has 5 heterocycles. The topological polar surface area (TPSA) is 9.86 Å². The zero-order valence-corrected chi connectivity index (χ0v) is 50.8. The fourth-order valence-electron chi connectivity index (χ4n) is 15.5. The Morgan fingerprint density at radius 3 is 1.39 bits per heavy atom. The monoisotopic (exact) mass is 1040 g/mol. The molecule has 1 spiro atoms. The lowest BCUT2D eigenvalue weighted by molar-refractivity contribution is 0.588. The largest absolute Gasteiger partial charge is 0.310 e.